The highest BCUT2D eigenvalue weighted by Gasteiger charge is 2.25. The third-order valence-electron chi connectivity index (χ3n) is 3.96. The normalized spacial score (nSPS) is 15.8. The van der Waals surface area contributed by atoms with E-state index in [1.165, 1.54) is 18.2 Å². The quantitative estimate of drug-likeness (QED) is 0.914. The van der Waals surface area contributed by atoms with Crippen LogP contribution in [0.25, 0.3) is 0 Å². The first kappa shape index (κ1) is 17.7. The molecular weight excluding hydrogens is 319 g/mol. The van der Waals surface area contributed by atoms with E-state index in [-0.39, 0.29) is 22.5 Å². The van der Waals surface area contributed by atoms with Crippen molar-refractivity contribution in [3.63, 3.8) is 0 Å². The number of hydrogen-bond donors (Lipinski definition) is 1. The van der Waals surface area contributed by atoms with E-state index >= 15 is 0 Å². The highest BCUT2D eigenvalue weighted by molar-refractivity contribution is 6.33. The standard InChI is InChI=1S/C17H22ClFN2O2/c1-11(2)10-15(22)21-8-6-12(7-9-21)20-17(23)16-13(18)4-3-5-14(16)19/h3-5,11-12H,6-10H2,1-2H3,(H,20,23). The van der Waals surface area contributed by atoms with Crippen LogP contribution in [0, 0.1) is 11.7 Å². The van der Waals surface area contributed by atoms with E-state index in [0.29, 0.717) is 38.3 Å². The lowest BCUT2D eigenvalue weighted by Gasteiger charge is -2.33. The minimum Gasteiger partial charge on any atom is -0.349 e. The molecule has 1 fully saturated rings. The fourth-order valence-electron chi connectivity index (χ4n) is 2.72. The molecule has 2 rings (SSSR count). The summed E-state index contributed by atoms with van der Waals surface area (Å²) in [5, 5.41) is 2.92. The SMILES string of the molecule is CC(C)CC(=O)N1CCC(NC(=O)c2c(F)cccc2Cl)CC1. The Morgan fingerprint density at radius 1 is 1.35 bits per heavy atom. The Labute approximate surface area is 141 Å². The molecule has 1 aliphatic heterocycles. The number of piperidine rings is 1. The summed E-state index contributed by atoms with van der Waals surface area (Å²) in [7, 11) is 0. The zero-order chi connectivity index (χ0) is 17.0. The lowest BCUT2D eigenvalue weighted by Crippen LogP contribution is -2.46. The average molecular weight is 341 g/mol. The van der Waals surface area contributed by atoms with E-state index in [1.54, 1.807) is 0 Å². The second-order valence-electron chi connectivity index (χ2n) is 6.32. The van der Waals surface area contributed by atoms with Gasteiger partial charge in [0.15, 0.2) is 0 Å². The fraction of sp³-hybridized carbons (Fsp3) is 0.529. The second kappa shape index (κ2) is 7.77. The molecule has 0 spiro atoms. The Kier molecular flexibility index (Phi) is 5.99. The molecule has 2 amide bonds. The summed E-state index contributed by atoms with van der Waals surface area (Å²) < 4.78 is 13.7. The van der Waals surface area contributed by atoms with E-state index in [0.717, 1.165) is 0 Å². The van der Waals surface area contributed by atoms with Gasteiger partial charge in [-0.25, -0.2) is 4.39 Å². The van der Waals surface area contributed by atoms with Crippen molar-refractivity contribution in [3.8, 4) is 0 Å². The number of benzene rings is 1. The third kappa shape index (κ3) is 4.67. The molecule has 0 atom stereocenters. The number of nitrogens with one attached hydrogen (secondary N) is 1. The van der Waals surface area contributed by atoms with Crippen molar-refractivity contribution in [2.45, 2.75) is 39.2 Å². The number of hydrogen-bond acceptors (Lipinski definition) is 2. The highest BCUT2D eigenvalue weighted by atomic mass is 35.5. The number of amides is 2. The number of carbonyl (C=O) groups excluding carboxylic acids is 2. The fourth-order valence-corrected chi connectivity index (χ4v) is 2.97. The summed E-state index contributed by atoms with van der Waals surface area (Å²) in [4.78, 5) is 26.1. The van der Waals surface area contributed by atoms with Crippen LogP contribution in [-0.2, 0) is 4.79 Å². The Balaban J connectivity index is 1.89. The first-order valence-corrected chi connectivity index (χ1v) is 8.29. The molecular formula is C17H22ClFN2O2. The van der Waals surface area contributed by atoms with Gasteiger partial charge in [-0.15, -0.1) is 0 Å². The first-order valence-electron chi connectivity index (χ1n) is 7.91. The van der Waals surface area contributed by atoms with E-state index < -0.39 is 11.7 Å². The minimum atomic E-state index is -0.625. The minimum absolute atomic E-state index is 0.0683. The van der Waals surface area contributed by atoms with Gasteiger partial charge in [0, 0.05) is 25.6 Å². The molecule has 0 unspecified atom stereocenters. The Bertz CT molecular complexity index is 564. The number of carbonyl (C=O) groups is 2. The lowest BCUT2D eigenvalue weighted by molar-refractivity contribution is -0.133. The Morgan fingerprint density at radius 3 is 2.57 bits per heavy atom. The van der Waals surface area contributed by atoms with Gasteiger partial charge in [0.25, 0.3) is 5.91 Å². The van der Waals surface area contributed by atoms with Crippen LogP contribution in [-0.4, -0.2) is 35.8 Å². The van der Waals surface area contributed by atoms with E-state index in [1.807, 2.05) is 18.7 Å². The maximum absolute atomic E-state index is 13.7. The van der Waals surface area contributed by atoms with Gasteiger partial charge in [-0.05, 0) is 30.9 Å². The van der Waals surface area contributed by atoms with Crippen LogP contribution in [0.15, 0.2) is 18.2 Å². The zero-order valence-corrected chi connectivity index (χ0v) is 14.2. The summed E-state index contributed by atoms with van der Waals surface area (Å²) in [6.07, 6.45) is 1.88. The summed E-state index contributed by atoms with van der Waals surface area (Å²) in [6.45, 7) is 5.26. The molecule has 1 aromatic carbocycles. The number of likely N-dealkylation sites (tertiary alicyclic amines) is 1. The van der Waals surface area contributed by atoms with Crippen LogP contribution in [0.5, 0.6) is 0 Å². The van der Waals surface area contributed by atoms with E-state index in [4.69, 9.17) is 11.6 Å². The highest BCUT2D eigenvalue weighted by Crippen LogP contribution is 2.20. The Hall–Kier alpha value is -1.62. The third-order valence-corrected chi connectivity index (χ3v) is 4.27. The van der Waals surface area contributed by atoms with E-state index in [2.05, 4.69) is 5.32 Å². The molecule has 126 valence electrons. The number of rotatable bonds is 4. The molecule has 0 radical (unpaired) electrons. The molecule has 6 heteroatoms. The van der Waals surface area contributed by atoms with Gasteiger partial charge < -0.3 is 10.2 Å². The second-order valence-corrected chi connectivity index (χ2v) is 6.73. The molecule has 0 saturated carbocycles. The summed E-state index contributed by atoms with van der Waals surface area (Å²) >= 11 is 5.90. The van der Waals surface area contributed by atoms with Crippen LogP contribution in [0.1, 0.15) is 43.5 Å². The lowest BCUT2D eigenvalue weighted by atomic mass is 10.0. The summed E-state index contributed by atoms with van der Waals surface area (Å²) in [6, 6.07) is 4.11. The predicted molar refractivity (Wildman–Crippen MR) is 87.9 cm³/mol. The van der Waals surface area contributed by atoms with Gasteiger partial charge in [0.05, 0.1) is 10.6 Å². The molecule has 23 heavy (non-hydrogen) atoms. The maximum Gasteiger partial charge on any atom is 0.255 e. The summed E-state index contributed by atoms with van der Waals surface area (Å²) in [5.74, 6) is -0.635. The van der Waals surface area contributed by atoms with Crippen LogP contribution < -0.4 is 5.32 Å². The maximum atomic E-state index is 13.7. The first-order chi connectivity index (χ1) is 10.9. The van der Waals surface area contributed by atoms with Crippen molar-refractivity contribution in [1.29, 1.82) is 0 Å². The van der Waals surface area contributed by atoms with Gasteiger partial charge in [0.1, 0.15) is 5.82 Å². The van der Waals surface area contributed by atoms with Crippen LogP contribution >= 0.6 is 11.6 Å². The van der Waals surface area contributed by atoms with Crippen molar-refractivity contribution in [1.82, 2.24) is 10.2 Å². The number of nitrogens with zero attached hydrogens (tertiary/aromatic N) is 1. The Morgan fingerprint density at radius 2 is 2.00 bits per heavy atom. The molecule has 0 aromatic heterocycles. The van der Waals surface area contributed by atoms with Crippen LogP contribution in [0.3, 0.4) is 0 Å². The molecule has 4 nitrogen and oxygen atoms in total. The smallest absolute Gasteiger partial charge is 0.255 e. The molecule has 1 heterocycles. The van der Waals surface area contributed by atoms with Crippen LogP contribution in [0.2, 0.25) is 5.02 Å². The topological polar surface area (TPSA) is 49.4 Å². The molecule has 1 N–H and O–H groups in total. The number of halogens is 2. The van der Waals surface area contributed by atoms with Gasteiger partial charge >= 0.3 is 0 Å². The van der Waals surface area contributed by atoms with Crippen molar-refractivity contribution in [2.75, 3.05) is 13.1 Å². The molecule has 1 saturated heterocycles. The molecule has 1 aromatic rings. The predicted octanol–water partition coefficient (Wildman–Crippen LogP) is 3.25. The van der Waals surface area contributed by atoms with Gasteiger partial charge in [0.2, 0.25) is 5.91 Å². The van der Waals surface area contributed by atoms with Gasteiger partial charge in [-0.1, -0.05) is 31.5 Å². The molecule has 0 aliphatic carbocycles. The monoisotopic (exact) mass is 340 g/mol. The van der Waals surface area contributed by atoms with Crippen molar-refractivity contribution in [3.05, 3.63) is 34.6 Å². The van der Waals surface area contributed by atoms with Crippen molar-refractivity contribution < 1.29 is 14.0 Å². The average Bonchev–Trinajstić information content (AvgIpc) is 2.47. The van der Waals surface area contributed by atoms with E-state index in [9.17, 15) is 14.0 Å². The van der Waals surface area contributed by atoms with Crippen LogP contribution in [0.4, 0.5) is 4.39 Å². The largest absolute Gasteiger partial charge is 0.349 e. The van der Waals surface area contributed by atoms with Crippen molar-refractivity contribution >= 4 is 23.4 Å². The zero-order valence-electron chi connectivity index (χ0n) is 13.4. The molecule has 0 bridgehead atoms. The van der Waals surface area contributed by atoms with Gasteiger partial charge in [-0.3, -0.25) is 9.59 Å². The molecule has 1 aliphatic rings. The van der Waals surface area contributed by atoms with Crippen molar-refractivity contribution in [2.24, 2.45) is 5.92 Å². The van der Waals surface area contributed by atoms with Gasteiger partial charge in [-0.2, -0.15) is 0 Å². The summed E-state index contributed by atoms with van der Waals surface area (Å²) in [5.41, 5.74) is -0.118.